The highest BCUT2D eigenvalue weighted by Gasteiger charge is 2.26. The molecule has 6 rings (SSSR count). The first-order chi connectivity index (χ1) is 19.5. The Kier molecular flexibility index (Phi) is 7.97. The van der Waals surface area contributed by atoms with Gasteiger partial charge in [-0.15, -0.1) is 0 Å². The van der Waals surface area contributed by atoms with Gasteiger partial charge in [0.05, 0.1) is 30.5 Å². The fourth-order valence-corrected chi connectivity index (χ4v) is 5.85. The fourth-order valence-electron chi connectivity index (χ4n) is 5.85. The van der Waals surface area contributed by atoms with E-state index in [-0.39, 0.29) is 23.9 Å². The van der Waals surface area contributed by atoms with Gasteiger partial charge < -0.3 is 29.5 Å². The maximum Gasteiger partial charge on any atom is 0.251 e. The molecular formula is C30H37FN6O3. The van der Waals surface area contributed by atoms with Gasteiger partial charge in [0.2, 0.25) is 0 Å². The molecule has 0 unspecified atom stereocenters. The number of hydrogen-bond acceptors (Lipinski definition) is 8. The molecule has 1 aromatic heterocycles. The second-order valence-electron chi connectivity index (χ2n) is 11.0. The van der Waals surface area contributed by atoms with Crippen molar-refractivity contribution in [1.29, 1.82) is 0 Å². The Morgan fingerprint density at radius 2 is 1.70 bits per heavy atom. The molecule has 0 radical (unpaired) electrons. The number of fused-ring (bicyclic) bond motifs is 1. The van der Waals surface area contributed by atoms with Crippen molar-refractivity contribution in [3.8, 4) is 5.75 Å². The number of morpholine rings is 1. The second kappa shape index (κ2) is 11.9. The normalized spacial score (nSPS) is 22.4. The van der Waals surface area contributed by atoms with Crippen LogP contribution in [-0.4, -0.2) is 92.5 Å². The van der Waals surface area contributed by atoms with Gasteiger partial charge in [-0.25, -0.2) is 9.37 Å². The van der Waals surface area contributed by atoms with Crippen LogP contribution in [0, 0.1) is 5.82 Å². The standard InChI is InChI=1S/C30H37FN6O3/c1-35-10-12-37(13-11-35)27-7-2-21(18-25(27)31)30(38)34-22-3-5-24(6-4-22)40-28-20-23(36-14-16-39-17-15-36)19-26-29(28)33-9-8-32-26/h2,7-9,18-20,22,24H,3-6,10-17H2,1H3,(H,34,38)/t22-,24+. The highest BCUT2D eigenvalue weighted by molar-refractivity contribution is 5.94. The van der Waals surface area contributed by atoms with E-state index in [0.29, 0.717) is 24.5 Å². The van der Waals surface area contributed by atoms with E-state index in [1.54, 1.807) is 24.5 Å². The molecule has 0 atom stereocenters. The number of halogens is 1. The van der Waals surface area contributed by atoms with Crippen LogP contribution in [0.1, 0.15) is 36.0 Å². The van der Waals surface area contributed by atoms with Gasteiger partial charge in [0.1, 0.15) is 17.1 Å². The number of carbonyl (C=O) groups is 1. The van der Waals surface area contributed by atoms with E-state index in [1.165, 1.54) is 6.07 Å². The molecule has 0 bridgehead atoms. The van der Waals surface area contributed by atoms with Crippen LogP contribution in [-0.2, 0) is 4.74 Å². The summed E-state index contributed by atoms with van der Waals surface area (Å²) in [5, 5.41) is 3.11. The third-order valence-corrected chi connectivity index (χ3v) is 8.26. The van der Waals surface area contributed by atoms with Gasteiger partial charge in [-0.3, -0.25) is 9.78 Å². The van der Waals surface area contributed by atoms with Gasteiger partial charge in [-0.05, 0) is 57.0 Å². The molecule has 2 saturated heterocycles. The SMILES string of the molecule is CN1CCN(c2ccc(C(=O)N[C@H]3CC[C@@H](Oc4cc(N5CCOCC5)cc5nccnc45)CC3)cc2F)CC1. The van der Waals surface area contributed by atoms with Crippen molar-refractivity contribution in [2.24, 2.45) is 0 Å². The van der Waals surface area contributed by atoms with Gasteiger partial charge in [0.15, 0.2) is 0 Å². The van der Waals surface area contributed by atoms with Crippen LogP contribution in [0.2, 0.25) is 0 Å². The van der Waals surface area contributed by atoms with Crippen LogP contribution in [0.5, 0.6) is 5.75 Å². The average Bonchev–Trinajstić information content (AvgIpc) is 2.99. The molecule has 3 aliphatic rings. The number of ether oxygens (including phenoxy) is 2. The third-order valence-electron chi connectivity index (χ3n) is 8.26. The zero-order valence-electron chi connectivity index (χ0n) is 23.0. The van der Waals surface area contributed by atoms with Gasteiger partial charge in [0.25, 0.3) is 5.91 Å². The summed E-state index contributed by atoms with van der Waals surface area (Å²) >= 11 is 0. The Hall–Kier alpha value is -3.50. The predicted octanol–water partition coefficient (Wildman–Crippen LogP) is 3.48. The molecule has 2 aliphatic heterocycles. The summed E-state index contributed by atoms with van der Waals surface area (Å²) < 4.78 is 26.9. The molecule has 1 N–H and O–H groups in total. The minimum atomic E-state index is -0.344. The summed E-state index contributed by atoms with van der Waals surface area (Å²) in [5.74, 6) is 0.173. The average molecular weight is 549 g/mol. The highest BCUT2D eigenvalue weighted by atomic mass is 19.1. The molecule has 10 heteroatoms. The first-order valence-electron chi connectivity index (χ1n) is 14.3. The monoisotopic (exact) mass is 548 g/mol. The topological polar surface area (TPSA) is 83.1 Å². The van der Waals surface area contributed by atoms with Crippen LogP contribution in [0.3, 0.4) is 0 Å². The molecule has 3 heterocycles. The Labute approximate surface area is 234 Å². The predicted molar refractivity (Wildman–Crippen MR) is 153 cm³/mol. The summed E-state index contributed by atoms with van der Waals surface area (Å²) in [5.41, 5.74) is 3.57. The molecule has 40 heavy (non-hydrogen) atoms. The lowest BCUT2D eigenvalue weighted by Crippen LogP contribution is -2.44. The van der Waals surface area contributed by atoms with E-state index in [1.807, 2.05) is 4.90 Å². The van der Waals surface area contributed by atoms with Crippen LogP contribution in [0.4, 0.5) is 15.8 Å². The van der Waals surface area contributed by atoms with E-state index in [9.17, 15) is 9.18 Å². The zero-order valence-corrected chi connectivity index (χ0v) is 23.0. The van der Waals surface area contributed by atoms with Gasteiger partial charge in [-0.1, -0.05) is 0 Å². The zero-order chi connectivity index (χ0) is 27.5. The first kappa shape index (κ1) is 26.7. The quantitative estimate of drug-likeness (QED) is 0.502. The lowest BCUT2D eigenvalue weighted by molar-refractivity contribution is 0.0894. The van der Waals surface area contributed by atoms with Crippen molar-refractivity contribution in [3.63, 3.8) is 0 Å². The van der Waals surface area contributed by atoms with Crippen LogP contribution >= 0.6 is 0 Å². The maximum atomic E-state index is 14.9. The Morgan fingerprint density at radius 1 is 0.950 bits per heavy atom. The van der Waals surface area contributed by atoms with Crippen LogP contribution in [0.15, 0.2) is 42.7 Å². The molecule has 0 spiro atoms. The summed E-state index contributed by atoms with van der Waals surface area (Å²) in [6.07, 6.45) is 6.64. The third kappa shape index (κ3) is 5.97. The largest absolute Gasteiger partial charge is 0.488 e. The highest BCUT2D eigenvalue weighted by Crippen LogP contribution is 2.33. The Balaban J connectivity index is 1.06. The molecule has 3 aromatic rings. The molecule has 212 valence electrons. The van der Waals surface area contributed by atoms with Crippen molar-refractivity contribution < 1.29 is 18.7 Å². The molecular weight excluding hydrogens is 511 g/mol. The lowest BCUT2D eigenvalue weighted by Gasteiger charge is -2.34. The van der Waals surface area contributed by atoms with Crippen molar-refractivity contribution >= 4 is 28.3 Å². The number of aromatic nitrogens is 2. The van der Waals surface area contributed by atoms with E-state index in [4.69, 9.17) is 9.47 Å². The van der Waals surface area contributed by atoms with Crippen LogP contribution < -0.4 is 19.9 Å². The number of nitrogens with zero attached hydrogens (tertiary/aromatic N) is 5. The van der Waals surface area contributed by atoms with Crippen LogP contribution in [0.25, 0.3) is 11.0 Å². The van der Waals surface area contributed by atoms with Gasteiger partial charge in [0, 0.05) is 75.0 Å². The number of benzene rings is 2. The van der Waals surface area contributed by atoms with Crippen molar-refractivity contribution in [3.05, 3.63) is 54.1 Å². The number of amides is 1. The second-order valence-corrected chi connectivity index (χ2v) is 11.0. The number of anilines is 2. The first-order valence-corrected chi connectivity index (χ1v) is 14.3. The number of likely N-dealkylation sites (N-methyl/N-ethyl adjacent to an activating group) is 1. The number of rotatable bonds is 6. The molecule has 2 aromatic carbocycles. The molecule has 1 saturated carbocycles. The number of carbonyl (C=O) groups excluding carboxylic acids is 1. The smallest absolute Gasteiger partial charge is 0.251 e. The minimum absolute atomic E-state index is 0.0265. The molecule has 3 fully saturated rings. The van der Waals surface area contributed by atoms with Crippen molar-refractivity contribution in [2.45, 2.75) is 37.8 Å². The number of piperazine rings is 1. The Morgan fingerprint density at radius 3 is 2.45 bits per heavy atom. The van der Waals surface area contributed by atoms with Gasteiger partial charge >= 0.3 is 0 Å². The maximum absolute atomic E-state index is 14.9. The van der Waals surface area contributed by atoms with E-state index < -0.39 is 0 Å². The molecule has 1 amide bonds. The summed E-state index contributed by atoms with van der Waals surface area (Å²) in [6.45, 7) is 6.44. The summed E-state index contributed by atoms with van der Waals surface area (Å²) in [6, 6.07) is 8.99. The minimum Gasteiger partial charge on any atom is -0.488 e. The lowest BCUT2D eigenvalue weighted by atomic mass is 9.92. The van der Waals surface area contributed by atoms with E-state index in [0.717, 1.165) is 87.4 Å². The molecule has 9 nitrogen and oxygen atoms in total. The Bertz CT molecular complexity index is 1330. The van der Waals surface area contributed by atoms with E-state index in [2.05, 4.69) is 44.3 Å². The number of nitrogens with one attached hydrogen (secondary N) is 1. The molecule has 1 aliphatic carbocycles. The number of hydrogen-bond donors (Lipinski definition) is 1. The van der Waals surface area contributed by atoms with E-state index >= 15 is 0 Å². The van der Waals surface area contributed by atoms with Gasteiger partial charge in [-0.2, -0.15) is 0 Å². The van der Waals surface area contributed by atoms with Crippen molar-refractivity contribution in [2.75, 3.05) is 69.3 Å². The fraction of sp³-hybridized carbons (Fsp3) is 0.500. The summed E-state index contributed by atoms with van der Waals surface area (Å²) in [7, 11) is 2.07. The summed E-state index contributed by atoms with van der Waals surface area (Å²) in [4.78, 5) is 28.6. The van der Waals surface area contributed by atoms with Crippen molar-refractivity contribution in [1.82, 2.24) is 20.2 Å².